The Balaban J connectivity index is -0.000000376. The van der Waals surface area contributed by atoms with Gasteiger partial charge in [0.25, 0.3) is 0 Å². The number of benzene rings is 1. The van der Waals surface area contributed by atoms with Crippen LogP contribution in [0.5, 0.6) is 0 Å². The molecule has 0 atom stereocenters. The van der Waals surface area contributed by atoms with Crippen molar-refractivity contribution >= 4 is 5.69 Å². The first-order valence-corrected chi connectivity index (χ1v) is 8.95. The van der Waals surface area contributed by atoms with Crippen LogP contribution in [0.15, 0.2) is 59.9 Å². The topological polar surface area (TPSA) is 3.24 Å². The van der Waals surface area contributed by atoms with Crippen LogP contribution in [0.3, 0.4) is 0 Å². The van der Waals surface area contributed by atoms with Crippen LogP contribution >= 0.6 is 0 Å². The molecule has 0 fully saturated rings. The van der Waals surface area contributed by atoms with Crippen LogP contribution in [-0.2, 0) is 6.42 Å². The highest BCUT2D eigenvalue weighted by Crippen LogP contribution is 2.41. The second kappa shape index (κ2) is 16.4. The Morgan fingerprint density at radius 3 is 1.74 bits per heavy atom. The first-order chi connectivity index (χ1) is 11.8. The molecule has 1 aliphatic heterocycles. The molecule has 0 radical (unpaired) electrons. The second-order valence-corrected chi connectivity index (χ2v) is 7.12. The summed E-state index contributed by atoms with van der Waals surface area (Å²) in [6, 6.07) is 0. The molecule has 31 heavy (non-hydrogen) atoms. The van der Waals surface area contributed by atoms with Crippen LogP contribution in [0.1, 0.15) is 86.2 Å². The summed E-state index contributed by atoms with van der Waals surface area (Å²) in [5.74, 6) is 0. The van der Waals surface area contributed by atoms with Gasteiger partial charge < -0.3 is 4.90 Å². The molecule has 0 bridgehead atoms. The number of anilines is 1. The van der Waals surface area contributed by atoms with Crippen molar-refractivity contribution in [3.05, 3.63) is 87.7 Å². The van der Waals surface area contributed by atoms with Gasteiger partial charge in [0.05, 0.1) is 0 Å². The van der Waals surface area contributed by atoms with E-state index in [1.807, 2.05) is 6.92 Å². The van der Waals surface area contributed by atoms with Crippen LogP contribution in [0.2, 0.25) is 0 Å². The van der Waals surface area contributed by atoms with E-state index in [1.54, 1.807) is 0 Å². The lowest BCUT2D eigenvalue weighted by atomic mass is 9.92. The molecule has 1 aliphatic rings. The molecule has 1 aromatic rings. The Morgan fingerprint density at radius 1 is 0.742 bits per heavy atom. The van der Waals surface area contributed by atoms with E-state index in [1.165, 1.54) is 44.8 Å². The van der Waals surface area contributed by atoms with E-state index in [-0.39, 0.29) is 44.6 Å². The first-order valence-electron chi connectivity index (χ1n) is 8.95. The van der Waals surface area contributed by atoms with Gasteiger partial charge in [0.15, 0.2) is 0 Å². The quantitative estimate of drug-likeness (QED) is 0.430. The van der Waals surface area contributed by atoms with Crippen LogP contribution in [-0.4, -0.2) is 7.05 Å². The van der Waals surface area contributed by atoms with Gasteiger partial charge in [-0.1, -0.05) is 87.1 Å². The highest BCUT2D eigenvalue weighted by molar-refractivity contribution is 5.73. The molecule has 0 spiro atoms. The third-order valence-electron chi connectivity index (χ3n) is 5.55. The number of nitrogens with zero attached hydrogens (tertiary/aromatic N) is 1. The molecule has 1 heteroatoms. The summed E-state index contributed by atoms with van der Waals surface area (Å²) in [7, 11) is 2.18. The normalized spacial score (nSPS) is 13.3. The summed E-state index contributed by atoms with van der Waals surface area (Å²) < 4.78 is 0. The van der Waals surface area contributed by atoms with Crippen LogP contribution < -0.4 is 4.90 Å². The van der Waals surface area contributed by atoms with Crippen molar-refractivity contribution in [3.8, 4) is 0 Å². The molecule has 0 saturated heterocycles. The molecule has 180 valence electrons. The lowest BCUT2D eigenvalue weighted by molar-refractivity contribution is 1.09. The number of allylic oxidation sites excluding steroid dienone is 9. The lowest BCUT2D eigenvalue weighted by Crippen LogP contribution is -2.12. The number of fused-ring (bicyclic) bond motifs is 1. The van der Waals surface area contributed by atoms with E-state index in [2.05, 4.69) is 89.6 Å². The molecular weight excluding hydrogens is 374 g/mol. The molecule has 2 rings (SSSR count). The summed E-state index contributed by atoms with van der Waals surface area (Å²) in [5, 5.41) is 0. The van der Waals surface area contributed by atoms with Crippen molar-refractivity contribution < 1.29 is 0 Å². The highest BCUT2D eigenvalue weighted by atomic mass is 15.1. The summed E-state index contributed by atoms with van der Waals surface area (Å²) in [5.41, 5.74) is 12.3. The van der Waals surface area contributed by atoms with Gasteiger partial charge in [-0.15, -0.1) is 0 Å². The fraction of sp³-hybridized carbons (Fsp3) is 0.467. The van der Waals surface area contributed by atoms with Gasteiger partial charge >= 0.3 is 0 Å². The Morgan fingerprint density at radius 2 is 1.23 bits per heavy atom. The standard InChI is InChI=1S/C24H31N.6CH4/c1-16(2)17(3)13-11-9-10-12-14-22-15-23-20(6)18(4)19(5)21(7)24(23)25(22)8;;;;;;/h9-14H,1,15H2,2-8H3;6*1H4. The van der Waals surface area contributed by atoms with Crippen molar-refractivity contribution in [1.29, 1.82) is 0 Å². The van der Waals surface area contributed by atoms with Gasteiger partial charge in [-0.3, -0.25) is 0 Å². The van der Waals surface area contributed by atoms with Crippen molar-refractivity contribution in [1.82, 2.24) is 0 Å². The van der Waals surface area contributed by atoms with Crippen molar-refractivity contribution in [2.24, 2.45) is 0 Å². The Bertz CT molecular complexity index is 814. The Labute approximate surface area is 198 Å². The Hall–Kier alpha value is -2.28. The van der Waals surface area contributed by atoms with Crippen molar-refractivity contribution in [2.75, 3.05) is 11.9 Å². The maximum absolute atomic E-state index is 3.94. The van der Waals surface area contributed by atoms with Crippen molar-refractivity contribution in [3.63, 3.8) is 0 Å². The minimum atomic E-state index is 0. The lowest BCUT2D eigenvalue weighted by Gasteiger charge is -2.20. The molecular formula is C30H55N. The fourth-order valence-corrected chi connectivity index (χ4v) is 3.29. The zero-order chi connectivity index (χ0) is 18.7. The number of hydrogen-bond donors (Lipinski definition) is 0. The van der Waals surface area contributed by atoms with Gasteiger partial charge in [-0.25, -0.2) is 0 Å². The smallest absolute Gasteiger partial charge is 0.0477 e. The minimum absolute atomic E-state index is 0. The van der Waals surface area contributed by atoms with Crippen molar-refractivity contribution in [2.45, 2.75) is 92.5 Å². The average molecular weight is 430 g/mol. The summed E-state index contributed by atoms with van der Waals surface area (Å²) in [6.07, 6.45) is 13.7. The third kappa shape index (κ3) is 8.40. The largest absolute Gasteiger partial charge is 0.347 e. The van der Waals surface area contributed by atoms with E-state index in [9.17, 15) is 0 Å². The van der Waals surface area contributed by atoms with Gasteiger partial charge in [0.1, 0.15) is 0 Å². The van der Waals surface area contributed by atoms with Crippen LogP contribution in [0.25, 0.3) is 0 Å². The van der Waals surface area contributed by atoms with E-state index < -0.39 is 0 Å². The molecule has 0 saturated carbocycles. The molecule has 0 amide bonds. The summed E-state index contributed by atoms with van der Waals surface area (Å²) in [4.78, 5) is 2.35. The maximum Gasteiger partial charge on any atom is 0.0477 e. The molecule has 0 N–H and O–H groups in total. The fourth-order valence-electron chi connectivity index (χ4n) is 3.29. The molecule has 1 heterocycles. The molecule has 1 aromatic carbocycles. The number of hydrogen-bond acceptors (Lipinski definition) is 1. The zero-order valence-corrected chi connectivity index (χ0v) is 16.8. The second-order valence-electron chi connectivity index (χ2n) is 7.12. The summed E-state index contributed by atoms with van der Waals surface area (Å²) in [6.45, 7) is 17.0. The van der Waals surface area contributed by atoms with Gasteiger partial charge in [0.2, 0.25) is 0 Å². The van der Waals surface area contributed by atoms with E-state index in [4.69, 9.17) is 0 Å². The minimum Gasteiger partial charge on any atom is -0.347 e. The average Bonchev–Trinajstić information content (AvgIpc) is 2.90. The van der Waals surface area contributed by atoms with E-state index >= 15 is 0 Å². The van der Waals surface area contributed by atoms with Gasteiger partial charge in [0, 0.05) is 24.9 Å². The molecule has 0 unspecified atom stereocenters. The van der Waals surface area contributed by atoms with Crippen LogP contribution in [0, 0.1) is 27.7 Å². The van der Waals surface area contributed by atoms with Gasteiger partial charge in [-0.2, -0.15) is 0 Å². The van der Waals surface area contributed by atoms with E-state index in [0.717, 1.165) is 12.0 Å². The third-order valence-corrected chi connectivity index (χ3v) is 5.55. The SMILES string of the molecule is C.C.C.C.C.C.C=C(C)C(C)=CC=CC=CC=C1Cc2c(C)c(C)c(C)c(C)c2N1C. The Kier molecular flexibility index (Phi) is 20.8. The molecule has 1 nitrogen and oxygen atoms in total. The first kappa shape index (κ1) is 39.2. The van der Waals surface area contributed by atoms with Crippen LogP contribution in [0.4, 0.5) is 5.69 Å². The predicted molar refractivity (Wildman–Crippen MR) is 153 cm³/mol. The highest BCUT2D eigenvalue weighted by Gasteiger charge is 2.26. The van der Waals surface area contributed by atoms with Gasteiger partial charge in [-0.05, 0) is 81.0 Å². The number of likely N-dealkylation sites (N-methyl/N-ethyl adjacent to an activating group) is 1. The number of rotatable bonds is 4. The zero-order valence-electron chi connectivity index (χ0n) is 16.8. The molecule has 0 aliphatic carbocycles. The monoisotopic (exact) mass is 429 g/mol. The maximum atomic E-state index is 3.94. The molecule has 0 aromatic heterocycles. The van der Waals surface area contributed by atoms with E-state index in [0.29, 0.717) is 0 Å². The summed E-state index contributed by atoms with van der Waals surface area (Å²) >= 11 is 0. The predicted octanol–water partition coefficient (Wildman–Crippen LogP) is 10.2.